The normalized spacial score (nSPS) is 11.2. The van der Waals surface area contributed by atoms with Crippen molar-refractivity contribution in [2.45, 2.75) is 53.9 Å². The first-order chi connectivity index (χ1) is 14.0. The maximum atomic E-state index is 6.17. The van der Waals surface area contributed by atoms with Gasteiger partial charge in [-0.1, -0.05) is 48.5 Å². The lowest BCUT2D eigenvalue weighted by Crippen LogP contribution is -2.23. The highest BCUT2D eigenvalue weighted by Crippen LogP contribution is 2.27. The summed E-state index contributed by atoms with van der Waals surface area (Å²) in [4.78, 5) is 6.57. The van der Waals surface area contributed by atoms with E-state index in [-0.39, 0.29) is 6.54 Å². The van der Waals surface area contributed by atoms with Crippen LogP contribution in [0.1, 0.15) is 46.5 Å². The Bertz CT molecular complexity index is 929. The maximum absolute atomic E-state index is 6.17. The fourth-order valence-electron chi connectivity index (χ4n) is 3.46. The highest BCUT2D eigenvalue weighted by atomic mass is 16.5. The minimum absolute atomic E-state index is 0.265. The molecule has 0 aliphatic heterocycles. The number of rotatable bonds is 9. The number of benzene rings is 2. The number of aryl methyl sites for hydroxylation is 3. The van der Waals surface area contributed by atoms with Crippen LogP contribution in [0.2, 0.25) is 0 Å². The van der Waals surface area contributed by atoms with Crippen molar-refractivity contribution in [3.63, 3.8) is 0 Å². The average molecular weight is 395 g/mol. The SMILES string of the molecule is CCN(Cc1cc(C)c(OCc2ccccc2C)c(C)c1)Cc1noc(CN)n1. The minimum atomic E-state index is 0.265. The lowest BCUT2D eigenvalue weighted by molar-refractivity contribution is 0.258. The zero-order valence-corrected chi connectivity index (χ0v) is 17.7. The molecule has 6 nitrogen and oxygen atoms in total. The minimum Gasteiger partial charge on any atom is -0.488 e. The van der Waals surface area contributed by atoms with Crippen molar-refractivity contribution in [1.29, 1.82) is 0 Å². The molecule has 3 aromatic rings. The molecule has 0 atom stereocenters. The van der Waals surface area contributed by atoms with Gasteiger partial charge in [0.15, 0.2) is 5.82 Å². The van der Waals surface area contributed by atoms with Gasteiger partial charge in [-0.25, -0.2) is 0 Å². The van der Waals surface area contributed by atoms with Gasteiger partial charge in [-0.05, 0) is 55.1 Å². The van der Waals surface area contributed by atoms with E-state index in [1.54, 1.807) is 0 Å². The molecule has 0 aliphatic carbocycles. The quantitative estimate of drug-likeness (QED) is 0.590. The van der Waals surface area contributed by atoms with Crippen molar-refractivity contribution < 1.29 is 9.26 Å². The summed E-state index contributed by atoms with van der Waals surface area (Å²) in [6, 6.07) is 12.7. The van der Waals surface area contributed by atoms with Crippen molar-refractivity contribution in [2.24, 2.45) is 5.73 Å². The highest BCUT2D eigenvalue weighted by Gasteiger charge is 2.13. The molecule has 1 heterocycles. The van der Waals surface area contributed by atoms with Gasteiger partial charge in [0.25, 0.3) is 0 Å². The molecule has 1 aromatic heterocycles. The van der Waals surface area contributed by atoms with Gasteiger partial charge in [0, 0.05) is 6.54 Å². The summed E-state index contributed by atoms with van der Waals surface area (Å²) < 4.78 is 11.3. The van der Waals surface area contributed by atoms with E-state index in [4.69, 9.17) is 15.0 Å². The van der Waals surface area contributed by atoms with Crippen LogP contribution in [0.4, 0.5) is 0 Å². The van der Waals surface area contributed by atoms with Crippen LogP contribution >= 0.6 is 0 Å². The van der Waals surface area contributed by atoms with Crippen LogP contribution in [0, 0.1) is 20.8 Å². The Morgan fingerprint density at radius 1 is 1.03 bits per heavy atom. The van der Waals surface area contributed by atoms with E-state index < -0.39 is 0 Å². The number of hydrogen-bond acceptors (Lipinski definition) is 6. The zero-order valence-electron chi connectivity index (χ0n) is 17.7. The molecule has 0 amide bonds. The summed E-state index contributed by atoms with van der Waals surface area (Å²) in [5.74, 6) is 2.10. The van der Waals surface area contributed by atoms with Crippen LogP contribution in [0.15, 0.2) is 40.9 Å². The Hall–Kier alpha value is -2.70. The van der Waals surface area contributed by atoms with Gasteiger partial charge in [0.2, 0.25) is 5.89 Å². The molecule has 2 N–H and O–H groups in total. The van der Waals surface area contributed by atoms with Crippen molar-refractivity contribution in [2.75, 3.05) is 6.54 Å². The highest BCUT2D eigenvalue weighted by molar-refractivity contribution is 5.43. The van der Waals surface area contributed by atoms with E-state index in [9.17, 15) is 0 Å². The Morgan fingerprint density at radius 3 is 2.38 bits per heavy atom. The second-order valence-corrected chi connectivity index (χ2v) is 7.39. The van der Waals surface area contributed by atoms with Crippen LogP contribution in [0.5, 0.6) is 5.75 Å². The van der Waals surface area contributed by atoms with Crippen molar-refractivity contribution in [3.05, 3.63) is 75.9 Å². The Balaban J connectivity index is 1.68. The van der Waals surface area contributed by atoms with E-state index in [0.29, 0.717) is 24.9 Å². The largest absolute Gasteiger partial charge is 0.488 e. The molecule has 2 aromatic carbocycles. The van der Waals surface area contributed by atoms with Crippen LogP contribution in [-0.2, 0) is 26.2 Å². The lowest BCUT2D eigenvalue weighted by Gasteiger charge is -2.20. The summed E-state index contributed by atoms with van der Waals surface area (Å²) in [6.45, 7) is 11.6. The Kier molecular flexibility index (Phi) is 7.01. The van der Waals surface area contributed by atoms with Gasteiger partial charge in [-0.3, -0.25) is 4.90 Å². The third-order valence-electron chi connectivity index (χ3n) is 5.06. The number of nitrogens with zero attached hydrogens (tertiary/aromatic N) is 3. The second kappa shape index (κ2) is 9.67. The van der Waals surface area contributed by atoms with Gasteiger partial charge in [-0.2, -0.15) is 4.98 Å². The Morgan fingerprint density at radius 2 is 1.76 bits per heavy atom. The monoisotopic (exact) mass is 394 g/mol. The Labute approximate surface area is 172 Å². The number of ether oxygens (including phenoxy) is 1. The number of aromatic nitrogens is 2. The van der Waals surface area contributed by atoms with E-state index in [1.807, 2.05) is 6.07 Å². The molecule has 29 heavy (non-hydrogen) atoms. The van der Waals surface area contributed by atoms with Crippen LogP contribution < -0.4 is 10.5 Å². The number of nitrogens with two attached hydrogens (primary N) is 1. The molecule has 0 aliphatic rings. The van der Waals surface area contributed by atoms with Gasteiger partial charge >= 0.3 is 0 Å². The van der Waals surface area contributed by atoms with Gasteiger partial charge in [0.05, 0.1) is 13.1 Å². The third-order valence-corrected chi connectivity index (χ3v) is 5.06. The van der Waals surface area contributed by atoms with E-state index in [0.717, 1.165) is 30.0 Å². The van der Waals surface area contributed by atoms with Gasteiger partial charge in [0.1, 0.15) is 12.4 Å². The fraction of sp³-hybridized carbons (Fsp3) is 0.391. The van der Waals surface area contributed by atoms with Crippen LogP contribution in [0.3, 0.4) is 0 Å². The van der Waals surface area contributed by atoms with E-state index in [2.05, 4.69) is 73.1 Å². The molecular formula is C23H30N4O2. The molecule has 0 saturated carbocycles. The molecule has 154 valence electrons. The molecular weight excluding hydrogens is 364 g/mol. The molecule has 0 bridgehead atoms. The first-order valence-corrected chi connectivity index (χ1v) is 10.0. The van der Waals surface area contributed by atoms with Crippen LogP contribution in [-0.4, -0.2) is 21.6 Å². The molecule has 0 unspecified atom stereocenters. The molecule has 0 saturated heterocycles. The third kappa shape index (κ3) is 5.43. The number of hydrogen-bond donors (Lipinski definition) is 1. The lowest BCUT2D eigenvalue weighted by atomic mass is 10.0. The first-order valence-electron chi connectivity index (χ1n) is 10.0. The van der Waals surface area contributed by atoms with Gasteiger partial charge in [-0.15, -0.1) is 0 Å². The molecule has 0 fully saturated rings. The fourth-order valence-corrected chi connectivity index (χ4v) is 3.46. The molecule has 0 spiro atoms. The summed E-state index contributed by atoms with van der Waals surface area (Å²) in [7, 11) is 0. The second-order valence-electron chi connectivity index (χ2n) is 7.39. The summed E-state index contributed by atoms with van der Waals surface area (Å²) in [5.41, 5.74) is 11.5. The topological polar surface area (TPSA) is 77.4 Å². The van der Waals surface area contributed by atoms with E-state index in [1.165, 1.54) is 16.7 Å². The van der Waals surface area contributed by atoms with Crippen molar-refractivity contribution >= 4 is 0 Å². The standard InChI is InChI=1S/C23H30N4O2/c1-5-27(14-21-25-22(12-24)29-26-21)13-19-10-17(3)23(18(4)11-19)28-15-20-9-7-6-8-16(20)2/h6-11H,5,12-15,24H2,1-4H3. The molecule has 6 heteroatoms. The summed E-state index contributed by atoms with van der Waals surface area (Å²) >= 11 is 0. The van der Waals surface area contributed by atoms with Gasteiger partial charge < -0.3 is 15.0 Å². The predicted molar refractivity (Wildman–Crippen MR) is 113 cm³/mol. The van der Waals surface area contributed by atoms with Crippen LogP contribution in [0.25, 0.3) is 0 Å². The maximum Gasteiger partial charge on any atom is 0.240 e. The average Bonchev–Trinajstić information content (AvgIpc) is 3.15. The van der Waals surface area contributed by atoms with Crippen molar-refractivity contribution in [3.8, 4) is 5.75 Å². The zero-order chi connectivity index (χ0) is 20.8. The first kappa shape index (κ1) is 21.0. The predicted octanol–water partition coefficient (Wildman–Crippen LogP) is 4.05. The summed E-state index contributed by atoms with van der Waals surface area (Å²) in [5, 5.41) is 4.00. The molecule has 0 radical (unpaired) electrons. The smallest absolute Gasteiger partial charge is 0.240 e. The van der Waals surface area contributed by atoms with Crippen molar-refractivity contribution in [1.82, 2.24) is 15.0 Å². The molecule has 3 rings (SSSR count). The van der Waals surface area contributed by atoms with E-state index >= 15 is 0 Å². The summed E-state index contributed by atoms with van der Waals surface area (Å²) in [6.07, 6.45) is 0.